The number of thioether (sulfide) groups is 4. The van der Waals surface area contributed by atoms with Crippen LogP contribution >= 0.6 is 47.0 Å². The van der Waals surface area contributed by atoms with Gasteiger partial charge in [0.1, 0.15) is 55.0 Å². The first-order valence-corrected chi connectivity index (χ1v) is 35.7. The van der Waals surface area contributed by atoms with Crippen molar-refractivity contribution in [3.8, 4) is 0 Å². The van der Waals surface area contributed by atoms with Gasteiger partial charge in [-0.2, -0.15) is 47.0 Å². The molecule has 4 aliphatic rings. The Kier molecular flexibility index (Phi) is 29.9. The van der Waals surface area contributed by atoms with Crippen molar-refractivity contribution in [3.63, 3.8) is 0 Å². The minimum Gasteiger partial charge on any atom is -0.465 e. The van der Waals surface area contributed by atoms with Gasteiger partial charge in [-0.15, -0.1) is 0 Å². The van der Waals surface area contributed by atoms with E-state index in [1.807, 2.05) is 27.7 Å². The highest BCUT2D eigenvalue weighted by molar-refractivity contribution is 8.00. The summed E-state index contributed by atoms with van der Waals surface area (Å²) in [6, 6.07) is 0. The fourth-order valence-electron chi connectivity index (χ4n) is 13.8. The number of hydrogen-bond acceptors (Lipinski definition) is 16. The lowest BCUT2D eigenvalue weighted by Gasteiger charge is -2.39. The summed E-state index contributed by atoms with van der Waals surface area (Å²) in [5.41, 5.74) is -2.07. The first-order chi connectivity index (χ1) is 39.7. The van der Waals surface area contributed by atoms with Crippen LogP contribution in [-0.2, 0) is 57.3 Å². The molecule has 85 heavy (non-hydrogen) atoms. The van der Waals surface area contributed by atoms with Crippen LogP contribution in [0.5, 0.6) is 0 Å². The quantitative estimate of drug-likeness (QED) is 0.0329. The predicted octanol–water partition coefficient (Wildman–Crippen LogP) is 15.0. The molecule has 0 aromatic rings. The van der Waals surface area contributed by atoms with E-state index in [0.29, 0.717) is 48.7 Å². The Morgan fingerprint density at radius 2 is 0.565 bits per heavy atom. The highest BCUT2D eigenvalue weighted by atomic mass is 32.2. The number of ketones is 4. The van der Waals surface area contributed by atoms with Crippen LogP contribution in [-0.4, -0.2) is 117 Å². The Bertz CT molecular complexity index is 2060. The number of Topliss-reactive ketones (excluding diaryl/α,β-unsaturated/α-hetero) is 4. The fraction of sp³-hybridized carbons (Fsp3) is 0.768. The summed E-state index contributed by atoms with van der Waals surface area (Å²) in [7, 11) is 0. The molecular weight excluding hydrogens is 1150 g/mol. The molecule has 10 unspecified atom stereocenters. The van der Waals surface area contributed by atoms with E-state index < -0.39 is 55.7 Å². The molecule has 0 aliphatic heterocycles. The Balaban J connectivity index is 1.46. The van der Waals surface area contributed by atoms with Crippen molar-refractivity contribution in [3.05, 3.63) is 48.6 Å². The van der Waals surface area contributed by atoms with Crippen LogP contribution in [0.1, 0.15) is 188 Å². The Morgan fingerprint density at radius 1 is 0.376 bits per heavy atom. The number of rotatable bonds is 36. The van der Waals surface area contributed by atoms with E-state index in [0.717, 1.165) is 25.7 Å². The lowest BCUT2D eigenvalue weighted by atomic mass is 9.65. The molecule has 12 atom stereocenters. The maximum atomic E-state index is 13.7. The lowest BCUT2D eigenvalue weighted by Crippen LogP contribution is -2.44. The minimum atomic E-state index is -1.50. The highest BCUT2D eigenvalue weighted by Gasteiger charge is 2.44. The van der Waals surface area contributed by atoms with Gasteiger partial charge in [-0.05, 0) is 71.0 Å². The van der Waals surface area contributed by atoms with Crippen molar-refractivity contribution < 1.29 is 57.3 Å². The van der Waals surface area contributed by atoms with E-state index in [1.54, 1.807) is 0 Å². The molecule has 0 fully saturated rings. The van der Waals surface area contributed by atoms with Gasteiger partial charge < -0.3 is 18.9 Å². The second kappa shape index (κ2) is 34.2. The lowest BCUT2D eigenvalue weighted by molar-refractivity contribution is -0.170. The second-order valence-corrected chi connectivity index (χ2v) is 34.6. The molecule has 480 valence electrons. The van der Waals surface area contributed by atoms with E-state index in [4.69, 9.17) is 18.9 Å². The van der Waals surface area contributed by atoms with Crippen LogP contribution in [0.25, 0.3) is 0 Å². The van der Waals surface area contributed by atoms with E-state index in [-0.39, 0.29) is 139 Å². The summed E-state index contributed by atoms with van der Waals surface area (Å²) in [6.45, 7) is 31.8. The molecule has 0 radical (unpaired) electrons. The molecular formula is C69H108O12S4. The van der Waals surface area contributed by atoms with Gasteiger partial charge >= 0.3 is 23.9 Å². The molecule has 0 saturated carbocycles. The molecule has 12 nitrogen and oxygen atoms in total. The third-order valence-electron chi connectivity index (χ3n) is 18.1. The van der Waals surface area contributed by atoms with Crippen LogP contribution in [0.4, 0.5) is 0 Å². The van der Waals surface area contributed by atoms with Crippen molar-refractivity contribution in [1.82, 2.24) is 0 Å². The number of ether oxygens (including phenoxy) is 4. The van der Waals surface area contributed by atoms with Crippen LogP contribution in [0.3, 0.4) is 0 Å². The number of carbonyl (C=O) groups excluding carboxylic acids is 8. The average molecular weight is 1260 g/mol. The van der Waals surface area contributed by atoms with Crippen molar-refractivity contribution in [2.24, 2.45) is 74.4 Å². The van der Waals surface area contributed by atoms with Crippen molar-refractivity contribution in [2.45, 2.75) is 209 Å². The molecule has 0 spiro atoms. The van der Waals surface area contributed by atoms with Crippen LogP contribution < -0.4 is 0 Å². The van der Waals surface area contributed by atoms with Gasteiger partial charge in [-0.3, -0.25) is 38.4 Å². The Labute approximate surface area is 529 Å². The van der Waals surface area contributed by atoms with E-state index in [2.05, 4.69) is 132 Å². The Hall–Kier alpha value is -3.08. The molecule has 0 aromatic heterocycles. The number of esters is 4. The van der Waals surface area contributed by atoms with Crippen molar-refractivity contribution in [2.75, 3.05) is 49.4 Å². The minimum absolute atomic E-state index is 0.00992. The normalized spacial score (nSPS) is 26.6. The average Bonchev–Trinajstić information content (AvgIpc) is 3.28. The first kappa shape index (κ1) is 74.4. The molecule has 0 saturated heterocycles. The van der Waals surface area contributed by atoms with E-state index >= 15 is 0 Å². The Morgan fingerprint density at radius 3 is 0.741 bits per heavy atom. The van der Waals surface area contributed by atoms with Crippen LogP contribution in [0, 0.1) is 74.4 Å². The monoisotopic (exact) mass is 1260 g/mol. The smallest absolute Gasteiger partial charge is 0.306 e. The van der Waals surface area contributed by atoms with Gasteiger partial charge in [0.05, 0.1) is 25.7 Å². The van der Waals surface area contributed by atoms with Crippen LogP contribution in [0.2, 0.25) is 0 Å². The maximum absolute atomic E-state index is 13.7. The second-order valence-electron chi connectivity index (χ2n) is 28.4. The largest absolute Gasteiger partial charge is 0.465 e. The van der Waals surface area contributed by atoms with Gasteiger partial charge in [-0.25, -0.2) is 0 Å². The zero-order valence-corrected chi connectivity index (χ0v) is 58.0. The summed E-state index contributed by atoms with van der Waals surface area (Å²) in [6.07, 6.45) is 22.0. The van der Waals surface area contributed by atoms with Crippen molar-refractivity contribution in [1.29, 1.82) is 0 Å². The molecule has 4 rings (SSSR count). The van der Waals surface area contributed by atoms with Gasteiger partial charge in [-0.1, -0.05) is 159 Å². The topological polar surface area (TPSA) is 173 Å². The van der Waals surface area contributed by atoms with Gasteiger partial charge in [0.15, 0.2) is 0 Å². The van der Waals surface area contributed by atoms with Crippen molar-refractivity contribution >= 4 is 94.1 Å². The number of allylic oxidation sites excluding steroid dienone is 8. The highest BCUT2D eigenvalue weighted by Crippen LogP contribution is 2.46. The molecule has 0 bridgehead atoms. The third kappa shape index (κ3) is 24.0. The standard InChI is InChI=1S/C69H108O12S4/c1-45-21-17-29-65(9,10)61(45)53(70)37-49(5)82-33-25-57(74)78-41-69(42-79-58(75)26-34-83-50(6)38-54(71)62-46(2)22-18-30-66(62,11)12,43-80-59(76)27-35-84-51(7)39-55(72)63-47(3)23-19-31-67(63,13)14)44-81-60(77)28-36-85-52(8)40-56(73)64-48(4)24-20-32-68(64,15)16/h17-24,45-52,61-64H,25-44H2,1-16H3/t45?,46?,47?,48?,49-,50+,51?,52?,61?,62?,63?,64?,69?. The van der Waals surface area contributed by atoms with E-state index in [9.17, 15) is 38.4 Å². The SMILES string of the molecule is CC(CC(=O)C1C(C)C=CCC1(C)C)SCCC(=O)OCC(COC(=O)CCSC(C)CC(=O)C1C(C)C=CCC1(C)C)(COC(=O)CCS[C@H](C)CC(=O)C1C(C)C=CCC1(C)C)COC(=O)CCS[C@@H](C)CC(=O)C1C(C)C=CCC1(C)C. The molecule has 0 heterocycles. The number of carbonyl (C=O) groups is 8. The predicted molar refractivity (Wildman–Crippen MR) is 352 cm³/mol. The molecule has 0 aromatic carbocycles. The maximum Gasteiger partial charge on any atom is 0.306 e. The summed E-state index contributed by atoms with van der Waals surface area (Å²) in [5.74, 6) is 0.352. The van der Waals surface area contributed by atoms with Gasteiger partial charge in [0, 0.05) is 93.4 Å². The number of hydrogen-bond donors (Lipinski definition) is 0. The van der Waals surface area contributed by atoms with Crippen LogP contribution in [0.15, 0.2) is 48.6 Å². The molecule has 16 heteroatoms. The summed E-state index contributed by atoms with van der Waals surface area (Å²) < 4.78 is 23.8. The summed E-state index contributed by atoms with van der Waals surface area (Å²) in [5, 5.41) is -0.178. The van der Waals surface area contributed by atoms with E-state index in [1.165, 1.54) is 47.0 Å². The fourth-order valence-corrected chi connectivity index (χ4v) is 17.7. The molecule has 0 N–H and O–H groups in total. The summed E-state index contributed by atoms with van der Waals surface area (Å²) >= 11 is 6.06. The van der Waals surface area contributed by atoms with Gasteiger partial charge in [0.2, 0.25) is 0 Å². The van der Waals surface area contributed by atoms with Gasteiger partial charge in [0.25, 0.3) is 0 Å². The zero-order valence-electron chi connectivity index (χ0n) is 54.7. The molecule has 4 aliphatic carbocycles. The first-order valence-electron chi connectivity index (χ1n) is 31.6. The third-order valence-corrected chi connectivity index (χ3v) is 22.8. The zero-order chi connectivity index (χ0) is 63.5. The summed E-state index contributed by atoms with van der Waals surface area (Å²) in [4.78, 5) is 109. The molecule has 0 amide bonds.